The number of carbonyl (C=O) groups excluding carboxylic acids is 3. The predicted octanol–water partition coefficient (Wildman–Crippen LogP) is 3.42. The van der Waals surface area contributed by atoms with Crippen LogP contribution in [0.15, 0.2) is 54.6 Å². The Kier molecular flexibility index (Phi) is 8.27. The van der Waals surface area contributed by atoms with Gasteiger partial charge in [-0.3, -0.25) is 10.2 Å². The van der Waals surface area contributed by atoms with Crippen LogP contribution < -0.4 is 10.2 Å². The molecule has 12 heteroatoms. The summed E-state index contributed by atoms with van der Waals surface area (Å²) in [5, 5.41) is 9.68. The predicted molar refractivity (Wildman–Crippen MR) is 137 cm³/mol. The van der Waals surface area contributed by atoms with Crippen molar-refractivity contribution in [3.8, 4) is 5.75 Å². The maximum Gasteiger partial charge on any atom is 0.361 e. The van der Waals surface area contributed by atoms with E-state index in [1.54, 1.807) is 45.2 Å². The Balaban J connectivity index is 1.66. The first-order valence-electron chi connectivity index (χ1n) is 11.8. The molecule has 1 N–H and O–H groups in total. The van der Waals surface area contributed by atoms with Gasteiger partial charge >= 0.3 is 11.9 Å². The molecule has 0 saturated carbocycles. The average Bonchev–Trinajstić information content (AvgIpc) is 3.55. The summed E-state index contributed by atoms with van der Waals surface area (Å²) < 4.78 is 16.4. The molecular formula is C26H26ClN5O6. The van der Waals surface area contributed by atoms with Crippen LogP contribution in [0.2, 0.25) is 5.02 Å². The number of hydrazine groups is 1. The van der Waals surface area contributed by atoms with Crippen molar-refractivity contribution in [2.45, 2.75) is 26.4 Å². The summed E-state index contributed by atoms with van der Waals surface area (Å²) in [5.41, 5.74) is 4.89. The first-order valence-corrected chi connectivity index (χ1v) is 12.2. The van der Waals surface area contributed by atoms with Gasteiger partial charge in [0.25, 0.3) is 5.91 Å². The zero-order valence-electron chi connectivity index (χ0n) is 21.0. The molecule has 1 aromatic heterocycles. The van der Waals surface area contributed by atoms with E-state index < -0.39 is 30.4 Å². The maximum atomic E-state index is 13.6. The lowest BCUT2D eigenvalue weighted by Gasteiger charge is -2.26. The van der Waals surface area contributed by atoms with Gasteiger partial charge < -0.3 is 14.2 Å². The highest BCUT2D eigenvalue weighted by molar-refractivity contribution is 6.30. The SMILES string of the molecule is CCOC(=O)c1nnn(CC(=O)N2NC(c3ccc(Cl)cc3)=CC2c2ccc(OC)cc2)c1C(=O)OCC. The monoisotopic (exact) mass is 539 g/mol. The number of ether oxygens (including phenoxy) is 3. The van der Waals surface area contributed by atoms with E-state index in [-0.39, 0.29) is 24.6 Å². The molecule has 0 radical (unpaired) electrons. The number of halogens is 1. The number of nitrogens with one attached hydrogen (secondary N) is 1. The van der Waals surface area contributed by atoms with Gasteiger partial charge in [-0.1, -0.05) is 41.1 Å². The average molecular weight is 540 g/mol. The van der Waals surface area contributed by atoms with Crippen LogP contribution >= 0.6 is 11.6 Å². The number of benzene rings is 2. The van der Waals surface area contributed by atoms with Crippen LogP contribution in [0.5, 0.6) is 5.75 Å². The van der Waals surface area contributed by atoms with Crippen LogP contribution in [0.1, 0.15) is 52.0 Å². The van der Waals surface area contributed by atoms with Gasteiger partial charge in [-0.05, 0) is 55.3 Å². The zero-order chi connectivity index (χ0) is 27.2. The van der Waals surface area contributed by atoms with Gasteiger partial charge in [0, 0.05) is 5.02 Å². The smallest absolute Gasteiger partial charge is 0.361 e. The molecule has 198 valence electrons. The fourth-order valence-electron chi connectivity index (χ4n) is 3.89. The fraction of sp³-hybridized carbons (Fsp3) is 0.269. The molecule has 4 rings (SSSR count). The summed E-state index contributed by atoms with van der Waals surface area (Å²) in [6.45, 7) is 2.98. The number of esters is 2. The van der Waals surface area contributed by atoms with E-state index in [2.05, 4.69) is 15.7 Å². The standard InChI is InChI=1S/C26H26ClN5O6/c1-4-37-25(34)23-24(26(35)38-5-2)31(30-28-23)15-22(33)32-21(17-8-12-19(36-3)13-9-17)14-20(29-32)16-6-10-18(27)11-7-16/h6-14,21,29H,4-5,15H2,1-3H3. The second-order valence-electron chi connectivity index (χ2n) is 8.07. The normalized spacial score (nSPS) is 14.5. The Hall–Kier alpha value is -4.38. The highest BCUT2D eigenvalue weighted by Crippen LogP contribution is 2.33. The van der Waals surface area contributed by atoms with E-state index in [1.165, 1.54) is 5.01 Å². The van der Waals surface area contributed by atoms with Gasteiger partial charge in [0.15, 0.2) is 5.69 Å². The number of rotatable bonds is 9. The summed E-state index contributed by atoms with van der Waals surface area (Å²) in [6.07, 6.45) is 1.90. The number of aromatic nitrogens is 3. The number of hydrogen-bond acceptors (Lipinski definition) is 9. The van der Waals surface area contributed by atoms with E-state index >= 15 is 0 Å². The quantitative estimate of drug-likeness (QED) is 0.407. The first kappa shape index (κ1) is 26.7. The molecule has 2 heterocycles. The molecule has 0 fully saturated rings. The maximum absolute atomic E-state index is 13.6. The van der Waals surface area contributed by atoms with Gasteiger partial charge in [-0.25, -0.2) is 19.3 Å². The molecule has 11 nitrogen and oxygen atoms in total. The Morgan fingerprint density at radius 2 is 1.63 bits per heavy atom. The lowest BCUT2D eigenvalue weighted by Crippen LogP contribution is -2.42. The Bertz CT molecular complexity index is 1350. The minimum absolute atomic E-state index is 0.0574. The van der Waals surface area contributed by atoms with Crippen molar-refractivity contribution in [1.82, 2.24) is 25.4 Å². The highest BCUT2D eigenvalue weighted by atomic mass is 35.5. The zero-order valence-corrected chi connectivity index (χ0v) is 21.8. The molecule has 1 aliphatic heterocycles. The van der Waals surface area contributed by atoms with Crippen LogP contribution in [0.4, 0.5) is 0 Å². The third-order valence-electron chi connectivity index (χ3n) is 5.68. The van der Waals surface area contributed by atoms with Gasteiger partial charge in [0.05, 0.1) is 32.1 Å². The number of nitrogens with zero attached hydrogens (tertiary/aromatic N) is 4. The number of carbonyl (C=O) groups is 3. The molecule has 1 atom stereocenters. The third kappa shape index (κ3) is 5.62. The van der Waals surface area contributed by atoms with Crippen LogP contribution in [-0.4, -0.2) is 58.2 Å². The molecule has 0 saturated heterocycles. The molecule has 0 bridgehead atoms. The van der Waals surface area contributed by atoms with Crippen LogP contribution in [0.25, 0.3) is 5.70 Å². The van der Waals surface area contributed by atoms with E-state index in [1.807, 2.05) is 30.3 Å². The molecule has 1 unspecified atom stereocenters. The van der Waals surface area contributed by atoms with Gasteiger partial charge in [0.1, 0.15) is 12.3 Å². The Morgan fingerprint density at radius 3 is 2.26 bits per heavy atom. The first-order chi connectivity index (χ1) is 18.4. The van der Waals surface area contributed by atoms with Gasteiger partial charge in [0.2, 0.25) is 5.69 Å². The molecule has 2 aromatic carbocycles. The van der Waals surface area contributed by atoms with E-state index in [9.17, 15) is 14.4 Å². The molecule has 0 spiro atoms. The minimum Gasteiger partial charge on any atom is -0.497 e. The summed E-state index contributed by atoms with van der Waals surface area (Å²) in [7, 11) is 1.57. The number of amides is 1. The van der Waals surface area contributed by atoms with Gasteiger partial charge in [-0.2, -0.15) is 0 Å². The van der Waals surface area contributed by atoms with E-state index in [0.717, 1.165) is 15.8 Å². The van der Waals surface area contributed by atoms with Gasteiger partial charge in [-0.15, -0.1) is 5.10 Å². The fourth-order valence-corrected chi connectivity index (χ4v) is 4.02. The lowest BCUT2D eigenvalue weighted by atomic mass is 10.0. The van der Waals surface area contributed by atoms with Crippen molar-refractivity contribution >= 4 is 35.1 Å². The van der Waals surface area contributed by atoms with Crippen molar-refractivity contribution in [3.63, 3.8) is 0 Å². The summed E-state index contributed by atoms with van der Waals surface area (Å²) in [6, 6.07) is 14.0. The number of hydrogen-bond donors (Lipinski definition) is 1. The Morgan fingerprint density at radius 1 is 0.974 bits per heavy atom. The van der Waals surface area contributed by atoms with Crippen LogP contribution in [-0.2, 0) is 20.8 Å². The second-order valence-corrected chi connectivity index (χ2v) is 8.50. The van der Waals surface area contributed by atoms with Crippen molar-refractivity contribution < 1.29 is 28.6 Å². The van der Waals surface area contributed by atoms with Crippen molar-refractivity contribution in [2.24, 2.45) is 0 Å². The lowest BCUT2D eigenvalue weighted by molar-refractivity contribution is -0.135. The van der Waals surface area contributed by atoms with E-state index in [0.29, 0.717) is 16.5 Å². The van der Waals surface area contributed by atoms with E-state index in [4.69, 9.17) is 25.8 Å². The second kappa shape index (κ2) is 11.8. The Labute approximate surface area is 223 Å². The number of methoxy groups -OCH3 is 1. The van der Waals surface area contributed by atoms with Crippen LogP contribution in [0, 0.1) is 0 Å². The van der Waals surface area contributed by atoms with Crippen molar-refractivity contribution in [1.29, 1.82) is 0 Å². The van der Waals surface area contributed by atoms with Crippen molar-refractivity contribution in [3.05, 3.63) is 82.1 Å². The summed E-state index contributed by atoms with van der Waals surface area (Å²) >= 11 is 6.05. The summed E-state index contributed by atoms with van der Waals surface area (Å²) in [4.78, 5) is 38.6. The topological polar surface area (TPSA) is 125 Å². The molecular weight excluding hydrogens is 514 g/mol. The highest BCUT2D eigenvalue weighted by Gasteiger charge is 2.34. The largest absolute Gasteiger partial charge is 0.497 e. The third-order valence-corrected chi connectivity index (χ3v) is 5.93. The van der Waals surface area contributed by atoms with Crippen LogP contribution in [0.3, 0.4) is 0 Å². The molecule has 38 heavy (non-hydrogen) atoms. The minimum atomic E-state index is -0.839. The molecule has 3 aromatic rings. The molecule has 1 amide bonds. The summed E-state index contributed by atoms with van der Waals surface area (Å²) in [5.74, 6) is -1.45. The molecule has 1 aliphatic rings. The van der Waals surface area contributed by atoms with Crippen molar-refractivity contribution in [2.75, 3.05) is 20.3 Å². The molecule has 0 aliphatic carbocycles.